The van der Waals surface area contributed by atoms with Crippen molar-refractivity contribution < 1.29 is 22.9 Å². The first-order valence-electron chi connectivity index (χ1n) is 6.29. The molecule has 0 unspecified atom stereocenters. The van der Waals surface area contributed by atoms with Crippen molar-refractivity contribution in [2.45, 2.75) is 12.7 Å². The summed E-state index contributed by atoms with van der Waals surface area (Å²) in [5, 5.41) is 17.1. The summed E-state index contributed by atoms with van der Waals surface area (Å²) < 4.78 is 38.5. The van der Waals surface area contributed by atoms with Gasteiger partial charge in [0.25, 0.3) is 11.6 Å². The Kier molecular flexibility index (Phi) is 4.34. The smallest absolute Gasteiger partial charge is 0.336 e. The molecule has 2 aromatic rings. The lowest BCUT2D eigenvalue weighted by Gasteiger charge is -2.17. The fraction of sp³-hybridized carbons (Fsp3) is 0.231. The van der Waals surface area contributed by atoms with Crippen LogP contribution in [-0.4, -0.2) is 33.0 Å². The Labute approximate surface area is 127 Å². The molecule has 1 amide bonds. The van der Waals surface area contributed by atoms with Crippen molar-refractivity contribution in [1.29, 1.82) is 0 Å². The average molecular weight is 328 g/mol. The van der Waals surface area contributed by atoms with Crippen LogP contribution in [0.3, 0.4) is 0 Å². The van der Waals surface area contributed by atoms with Crippen LogP contribution in [0.1, 0.15) is 21.6 Å². The first-order chi connectivity index (χ1) is 10.7. The number of rotatable bonds is 4. The van der Waals surface area contributed by atoms with Gasteiger partial charge >= 0.3 is 6.18 Å². The maximum absolute atomic E-state index is 12.8. The second kappa shape index (κ2) is 6.07. The fourth-order valence-corrected chi connectivity index (χ4v) is 1.92. The molecule has 0 saturated carbocycles. The number of nitrogens with zero attached hydrogens (tertiary/aromatic N) is 3. The molecule has 0 radical (unpaired) electrons. The summed E-state index contributed by atoms with van der Waals surface area (Å²) in [5.41, 5.74) is -1.88. The summed E-state index contributed by atoms with van der Waals surface area (Å²) in [6.45, 7) is 0.0723. The van der Waals surface area contributed by atoms with E-state index in [1.165, 1.54) is 13.2 Å². The molecule has 7 nitrogen and oxygen atoms in total. The van der Waals surface area contributed by atoms with Gasteiger partial charge in [0.2, 0.25) is 0 Å². The van der Waals surface area contributed by atoms with Gasteiger partial charge in [-0.15, -0.1) is 0 Å². The number of non-ortho nitro benzene ring substituents is 1. The molecule has 0 fully saturated rings. The number of benzene rings is 1. The minimum atomic E-state index is -4.79. The van der Waals surface area contributed by atoms with E-state index < -0.39 is 33.8 Å². The second-order valence-electron chi connectivity index (χ2n) is 4.77. The number of nitro groups is 1. The highest BCUT2D eigenvalue weighted by Crippen LogP contribution is 2.32. The highest BCUT2D eigenvalue weighted by atomic mass is 19.4. The highest BCUT2D eigenvalue weighted by Gasteiger charge is 2.33. The SMILES string of the molecule is CN(Cc1ccn[nH]1)C(=O)c1cc([N+](=O)[O-])cc(C(F)(F)F)c1. The summed E-state index contributed by atoms with van der Waals surface area (Å²) in [6, 6.07) is 3.41. The molecule has 122 valence electrons. The molecular formula is C13H11F3N4O3. The number of carbonyl (C=O) groups is 1. The van der Waals surface area contributed by atoms with E-state index in [9.17, 15) is 28.1 Å². The molecule has 10 heteroatoms. The number of halogens is 3. The number of aromatic amines is 1. The standard InChI is InChI=1S/C13H11F3N4O3/c1-19(7-10-2-3-17-18-10)12(21)8-4-9(13(14,15)16)6-11(5-8)20(22)23/h2-6H,7H2,1H3,(H,17,18). The van der Waals surface area contributed by atoms with Gasteiger partial charge in [0.15, 0.2) is 0 Å². The van der Waals surface area contributed by atoms with Gasteiger partial charge in [0.1, 0.15) is 0 Å². The largest absolute Gasteiger partial charge is 0.416 e. The minimum Gasteiger partial charge on any atom is -0.336 e. The molecule has 2 rings (SSSR count). The first-order valence-corrected chi connectivity index (χ1v) is 6.29. The van der Waals surface area contributed by atoms with Crippen LogP contribution in [0.25, 0.3) is 0 Å². The zero-order chi connectivity index (χ0) is 17.2. The first kappa shape index (κ1) is 16.5. The van der Waals surface area contributed by atoms with Gasteiger partial charge in [-0.3, -0.25) is 20.0 Å². The summed E-state index contributed by atoms with van der Waals surface area (Å²) in [6.07, 6.45) is -3.33. The van der Waals surface area contributed by atoms with Gasteiger partial charge in [0.05, 0.1) is 22.7 Å². The number of amides is 1. The zero-order valence-corrected chi connectivity index (χ0v) is 11.8. The summed E-state index contributed by atoms with van der Waals surface area (Å²) in [7, 11) is 1.37. The number of hydrogen-bond donors (Lipinski definition) is 1. The van der Waals surface area contributed by atoms with E-state index in [1.54, 1.807) is 6.07 Å². The van der Waals surface area contributed by atoms with E-state index >= 15 is 0 Å². The Morgan fingerprint density at radius 3 is 2.61 bits per heavy atom. The Hall–Kier alpha value is -2.91. The lowest BCUT2D eigenvalue weighted by Crippen LogP contribution is -2.26. The van der Waals surface area contributed by atoms with Crippen molar-refractivity contribution in [1.82, 2.24) is 15.1 Å². The molecule has 1 aromatic heterocycles. The van der Waals surface area contributed by atoms with Crippen molar-refractivity contribution in [2.75, 3.05) is 7.05 Å². The van der Waals surface area contributed by atoms with Crippen LogP contribution >= 0.6 is 0 Å². The third kappa shape index (κ3) is 3.84. The van der Waals surface area contributed by atoms with Gasteiger partial charge in [-0.05, 0) is 12.1 Å². The lowest BCUT2D eigenvalue weighted by molar-refractivity contribution is -0.385. The van der Waals surface area contributed by atoms with Crippen molar-refractivity contribution >= 4 is 11.6 Å². The van der Waals surface area contributed by atoms with E-state index in [4.69, 9.17) is 0 Å². The van der Waals surface area contributed by atoms with E-state index in [1.807, 2.05) is 0 Å². The number of aromatic nitrogens is 2. The molecule has 1 aromatic carbocycles. The maximum Gasteiger partial charge on any atom is 0.416 e. The van der Waals surface area contributed by atoms with Crippen LogP contribution in [0, 0.1) is 10.1 Å². The van der Waals surface area contributed by atoms with Crippen LogP contribution in [-0.2, 0) is 12.7 Å². The summed E-state index contributed by atoms with van der Waals surface area (Å²) in [5.74, 6) is -0.770. The molecular weight excluding hydrogens is 317 g/mol. The number of carbonyl (C=O) groups excluding carboxylic acids is 1. The van der Waals surface area contributed by atoms with Crippen LogP contribution in [0.2, 0.25) is 0 Å². The lowest BCUT2D eigenvalue weighted by atomic mass is 10.1. The number of nitrogens with one attached hydrogen (secondary N) is 1. The maximum atomic E-state index is 12.8. The van der Waals surface area contributed by atoms with Gasteiger partial charge in [0, 0.05) is 30.9 Å². The van der Waals surface area contributed by atoms with Crippen LogP contribution in [0.4, 0.5) is 18.9 Å². The highest BCUT2D eigenvalue weighted by molar-refractivity contribution is 5.95. The Balaban J connectivity index is 2.35. The van der Waals surface area contributed by atoms with Gasteiger partial charge in [-0.2, -0.15) is 18.3 Å². The Morgan fingerprint density at radius 2 is 2.09 bits per heavy atom. The third-order valence-electron chi connectivity index (χ3n) is 3.02. The predicted octanol–water partition coefficient (Wildman–Crippen LogP) is 2.61. The molecule has 0 bridgehead atoms. The number of alkyl halides is 3. The van der Waals surface area contributed by atoms with Gasteiger partial charge < -0.3 is 4.90 Å². The second-order valence-corrected chi connectivity index (χ2v) is 4.77. The number of H-pyrrole nitrogens is 1. The van der Waals surface area contributed by atoms with E-state index in [0.29, 0.717) is 17.8 Å². The molecule has 0 spiro atoms. The van der Waals surface area contributed by atoms with Gasteiger partial charge in [-0.1, -0.05) is 0 Å². The molecule has 0 aliphatic carbocycles. The number of hydrogen-bond acceptors (Lipinski definition) is 4. The van der Waals surface area contributed by atoms with Crippen molar-refractivity contribution in [3.8, 4) is 0 Å². The molecule has 0 aliphatic heterocycles. The van der Waals surface area contributed by atoms with Crippen LogP contribution in [0.15, 0.2) is 30.5 Å². The molecule has 1 N–H and O–H groups in total. The molecule has 0 atom stereocenters. The van der Waals surface area contributed by atoms with Gasteiger partial charge in [-0.25, -0.2) is 0 Å². The van der Waals surface area contributed by atoms with Crippen molar-refractivity contribution in [3.05, 3.63) is 57.4 Å². The molecule has 0 aliphatic rings. The summed E-state index contributed by atoms with van der Waals surface area (Å²) in [4.78, 5) is 23.2. The normalized spacial score (nSPS) is 11.3. The monoisotopic (exact) mass is 328 g/mol. The zero-order valence-electron chi connectivity index (χ0n) is 11.8. The van der Waals surface area contributed by atoms with E-state index in [-0.39, 0.29) is 6.54 Å². The Morgan fingerprint density at radius 1 is 1.39 bits per heavy atom. The van der Waals surface area contributed by atoms with Crippen molar-refractivity contribution in [2.24, 2.45) is 0 Å². The van der Waals surface area contributed by atoms with E-state index in [2.05, 4.69) is 10.2 Å². The number of nitro benzene ring substituents is 1. The Bertz CT molecular complexity index is 729. The van der Waals surface area contributed by atoms with Crippen LogP contribution in [0.5, 0.6) is 0 Å². The van der Waals surface area contributed by atoms with Crippen LogP contribution < -0.4 is 0 Å². The topological polar surface area (TPSA) is 92.1 Å². The molecule has 0 saturated heterocycles. The molecule has 23 heavy (non-hydrogen) atoms. The van der Waals surface area contributed by atoms with Crippen molar-refractivity contribution in [3.63, 3.8) is 0 Å². The molecule has 1 heterocycles. The quantitative estimate of drug-likeness (QED) is 0.690. The summed E-state index contributed by atoms with van der Waals surface area (Å²) >= 11 is 0. The fourth-order valence-electron chi connectivity index (χ4n) is 1.92. The predicted molar refractivity (Wildman–Crippen MR) is 72.5 cm³/mol. The average Bonchev–Trinajstić information content (AvgIpc) is 2.97. The third-order valence-corrected chi connectivity index (χ3v) is 3.02. The minimum absolute atomic E-state index is 0.0723. The van der Waals surface area contributed by atoms with E-state index in [0.717, 1.165) is 11.0 Å².